The molecule has 0 saturated carbocycles. The maximum absolute atomic E-state index is 13.8. The molecule has 3 rings (SSSR count). The number of rotatable bonds is 6. The summed E-state index contributed by atoms with van der Waals surface area (Å²) in [5, 5.41) is 3.89. The van der Waals surface area contributed by atoms with Crippen LogP contribution in [0.25, 0.3) is 0 Å². The van der Waals surface area contributed by atoms with Gasteiger partial charge in [-0.25, -0.2) is 17.2 Å². The predicted octanol–water partition coefficient (Wildman–Crippen LogP) is 1.81. The van der Waals surface area contributed by atoms with Gasteiger partial charge in [-0.3, -0.25) is 4.90 Å². The lowest BCUT2D eigenvalue weighted by Gasteiger charge is -2.33. The molecular formula is C16H20F2N4O3S. The Kier molecular flexibility index (Phi) is 5.64. The van der Waals surface area contributed by atoms with Gasteiger partial charge in [-0.1, -0.05) is 12.1 Å². The van der Waals surface area contributed by atoms with E-state index in [0.717, 1.165) is 29.3 Å². The van der Waals surface area contributed by atoms with Crippen LogP contribution in [0.5, 0.6) is 0 Å². The molecule has 7 nitrogen and oxygen atoms in total. The highest BCUT2D eigenvalue weighted by Gasteiger charge is 2.31. The van der Waals surface area contributed by atoms with E-state index in [1.165, 1.54) is 0 Å². The number of aryl methyl sites for hydroxylation is 1. The van der Waals surface area contributed by atoms with Gasteiger partial charge in [-0.2, -0.15) is 9.29 Å². The zero-order chi connectivity index (χ0) is 18.7. The number of benzene rings is 1. The fourth-order valence-corrected chi connectivity index (χ4v) is 4.31. The average molecular weight is 386 g/mol. The van der Waals surface area contributed by atoms with E-state index in [2.05, 4.69) is 10.1 Å². The largest absolute Gasteiger partial charge is 0.338 e. The van der Waals surface area contributed by atoms with Gasteiger partial charge in [0.15, 0.2) is 5.82 Å². The first-order chi connectivity index (χ1) is 12.4. The highest BCUT2D eigenvalue weighted by atomic mass is 32.2. The molecule has 142 valence electrons. The second-order valence-electron chi connectivity index (χ2n) is 6.11. The molecule has 0 atom stereocenters. The van der Waals surface area contributed by atoms with Crippen molar-refractivity contribution in [2.45, 2.75) is 31.2 Å². The van der Waals surface area contributed by atoms with Crippen LogP contribution >= 0.6 is 0 Å². The van der Waals surface area contributed by atoms with E-state index < -0.39 is 26.6 Å². The Bertz CT molecular complexity index is 864. The second-order valence-corrected chi connectivity index (χ2v) is 8.02. The van der Waals surface area contributed by atoms with Crippen LogP contribution in [-0.4, -0.2) is 53.9 Å². The molecule has 2 aromatic rings. The molecule has 0 spiro atoms. The quantitative estimate of drug-likeness (QED) is 0.753. The van der Waals surface area contributed by atoms with Gasteiger partial charge in [0.1, 0.15) is 16.5 Å². The molecule has 0 radical (unpaired) electrons. The third-order valence-corrected chi connectivity index (χ3v) is 6.10. The number of piperazine rings is 1. The fraction of sp³-hybridized carbons (Fsp3) is 0.500. The summed E-state index contributed by atoms with van der Waals surface area (Å²) in [6, 6.07) is 2.43. The summed E-state index contributed by atoms with van der Waals surface area (Å²) in [5.74, 6) is -0.600. The van der Waals surface area contributed by atoms with Gasteiger partial charge >= 0.3 is 0 Å². The third kappa shape index (κ3) is 4.08. The highest BCUT2D eigenvalue weighted by Crippen LogP contribution is 2.22. The van der Waals surface area contributed by atoms with Crippen LogP contribution in [0.4, 0.5) is 8.78 Å². The smallest absolute Gasteiger partial charge is 0.246 e. The number of hydrogen-bond donors (Lipinski definition) is 0. The molecule has 0 unspecified atom stereocenters. The van der Waals surface area contributed by atoms with Gasteiger partial charge in [0.2, 0.25) is 15.9 Å². The van der Waals surface area contributed by atoms with E-state index in [-0.39, 0.29) is 13.1 Å². The summed E-state index contributed by atoms with van der Waals surface area (Å²) in [7, 11) is -4.07. The molecule has 10 heteroatoms. The zero-order valence-electron chi connectivity index (χ0n) is 14.4. The number of nitrogens with zero attached hydrogens (tertiary/aromatic N) is 4. The minimum atomic E-state index is -4.07. The van der Waals surface area contributed by atoms with Crippen molar-refractivity contribution in [2.24, 2.45) is 0 Å². The molecule has 26 heavy (non-hydrogen) atoms. The van der Waals surface area contributed by atoms with Crippen LogP contribution in [0.1, 0.15) is 25.1 Å². The first-order valence-electron chi connectivity index (χ1n) is 8.39. The molecule has 1 aliphatic heterocycles. The van der Waals surface area contributed by atoms with Crippen LogP contribution in [0.15, 0.2) is 27.6 Å². The first-order valence-corrected chi connectivity index (χ1v) is 9.83. The lowest BCUT2D eigenvalue weighted by atomic mass is 10.3. The number of aromatic nitrogens is 2. The van der Waals surface area contributed by atoms with Gasteiger partial charge in [0.05, 0.1) is 6.54 Å². The van der Waals surface area contributed by atoms with Crippen molar-refractivity contribution in [1.29, 1.82) is 0 Å². The predicted molar refractivity (Wildman–Crippen MR) is 88.7 cm³/mol. The van der Waals surface area contributed by atoms with Crippen LogP contribution in [0, 0.1) is 11.6 Å². The minimum absolute atomic E-state index is 0.175. The number of halogens is 2. The van der Waals surface area contributed by atoms with Gasteiger partial charge in [0, 0.05) is 32.6 Å². The van der Waals surface area contributed by atoms with E-state index in [0.29, 0.717) is 37.4 Å². The van der Waals surface area contributed by atoms with Crippen LogP contribution in [0.2, 0.25) is 0 Å². The van der Waals surface area contributed by atoms with Crippen molar-refractivity contribution < 1.29 is 21.7 Å². The van der Waals surface area contributed by atoms with E-state index in [1.54, 1.807) is 0 Å². The van der Waals surface area contributed by atoms with Gasteiger partial charge < -0.3 is 4.52 Å². The van der Waals surface area contributed by atoms with Crippen molar-refractivity contribution in [3.8, 4) is 0 Å². The molecule has 0 N–H and O–H groups in total. The minimum Gasteiger partial charge on any atom is -0.338 e. The molecule has 1 fully saturated rings. The van der Waals surface area contributed by atoms with E-state index >= 15 is 0 Å². The standard InChI is InChI=1S/C16H20F2N4O3S/c1-2-3-15-19-16(25-20-15)11-21-6-8-22(9-7-21)26(23,24)14-10-12(17)4-5-13(14)18/h4-5,10H,2-3,6-9,11H2,1H3. The number of hydrogen-bond acceptors (Lipinski definition) is 6. The molecule has 0 bridgehead atoms. The Morgan fingerprint density at radius 3 is 2.62 bits per heavy atom. The maximum atomic E-state index is 13.8. The Labute approximate surface area is 150 Å². The topological polar surface area (TPSA) is 79.5 Å². The average Bonchev–Trinajstić information content (AvgIpc) is 3.05. The van der Waals surface area contributed by atoms with Crippen molar-refractivity contribution in [3.63, 3.8) is 0 Å². The van der Waals surface area contributed by atoms with Crippen molar-refractivity contribution in [1.82, 2.24) is 19.3 Å². The zero-order valence-corrected chi connectivity index (χ0v) is 15.2. The Morgan fingerprint density at radius 2 is 1.92 bits per heavy atom. The maximum Gasteiger partial charge on any atom is 0.246 e. The van der Waals surface area contributed by atoms with E-state index in [1.807, 2.05) is 11.8 Å². The van der Waals surface area contributed by atoms with Crippen molar-refractivity contribution >= 4 is 10.0 Å². The molecule has 0 aliphatic carbocycles. The lowest BCUT2D eigenvalue weighted by Crippen LogP contribution is -2.48. The van der Waals surface area contributed by atoms with Crippen molar-refractivity contribution in [3.05, 3.63) is 41.5 Å². The molecule has 1 aromatic carbocycles. The van der Waals surface area contributed by atoms with Crippen LogP contribution in [-0.2, 0) is 23.0 Å². The Balaban J connectivity index is 1.63. The first kappa shape index (κ1) is 18.9. The molecule has 1 saturated heterocycles. The molecule has 2 heterocycles. The summed E-state index contributed by atoms with van der Waals surface area (Å²) in [6.45, 7) is 3.67. The Morgan fingerprint density at radius 1 is 1.19 bits per heavy atom. The molecule has 0 amide bonds. The summed E-state index contributed by atoms with van der Waals surface area (Å²) in [4.78, 5) is 5.64. The summed E-state index contributed by atoms with van der Waals surface area (Å²) in [6.07, 6.45) is 1.67. The van der Waals surface area contributed by atoms with E-state index in [9.17, 15) is 17.2 Å². The van der Waals surface area contributed by atoms with Crippen LogP contribution in [0.3, 0.4) is 0 Å². The molecular weight excluding hydrogens is 366 g/mol. The summed E-state index contributed by atoms with van der Waals surface area (Å²) < 4.78 is 58.6. The fourth-order valence-electron chi connectivity index (χ4n) is 2.81. The van der Waals surface area contributed by atoms with Gasteiger partial charge in [-0.15, -0.1) is 0 Å². The number of sulfonamides is 1. The van der Waals surface area contributed by atoms with Gasteiger partial charge in [-0.05, 0) is 24.6 Å². The lowest BCUT2D eigenvalue weighted by molar-refractivity contribution is 0.163. The summed E-state index contributed by atoms with van der Waals surface area (Å²) >= 11 is 0. The Hall–Kier alpha value is -1.91. The summed E-state index contributed by atoms with van der Waals surface area (Å²) in [5.41, 5.74) is 0. The molecule has 1 aliphatic rings. The van der Waals surface area contributed by atoms with Crippen molar-refractivity contribution in [2.75, 3.05) is 26.2 Å². The SMILES string of the molecule is CCCc1noc(CN2CCN(S(=O)(=O)c3cc(F)ccc3F)CC2)n1. The third-order valence-electron chi connectivity index (χ3n) is 4.18. The van der Waals surface area contributed by atoms with E-state index in [4.69, 9.17) is 4.52 Å². The monoisotopic (exact) mass is 386 g/mol. The van der Waals surface area contributed by atoms with Crippen LogP contribution < -0.4 is 0 Å². The van der Waals surface area contributed by atoms with Gasteiger partial charge in [0.25, 0.3) is 0 Å². The highest BCUT2D eigenvalue weighted by molar-refractivity contribution is 7.89. The molecule has 1 aromatic heterocycles. The normalized spacial score (nSPS) is 16.9. The second kappa shape index (κ2) is 7.77.